The number of piperidine rings is 1. The van der Waals surface area contributed by atoms with E-state index >= 15 is 0 Å². The lowest BCUT2D eigenvalue weighted by atomic mass is 9.94. The summed E-state index contributed by atoms with van der Waals surface area (Å²) in [5, 5.41) is 10.6. The molecule has 0 saturated carbocycles. The van der Waals surface area contributed by atoms with Gasteiger partial charge in [0.1, 0.15) is 53.5 Å². The molecule has 0 radical (unpaired) electrons. The molecular formula is C42H54F2N8O8. The average Bonchev–Trinajstić information content (AvgIpc) is 3.78. The van der Waals surface area contributed by atoms with E-state index in [1.54, 1.807) is 24.3 Å². The molecule has 6 rings (SSSR count). The number of esters is 1. The molecule has 8 atom stereocenters. The zero-order valence-electron chi connectivity index (χ0n) is 34.5. The van der Waals surface area contributed by atoms with E-state index in [0.29, 0.717) is 31.0 Å². The van der Waals surface area contributed by atoms with Crippen LogP contribution in [0.3, 0.4) is 0 Å². The van der Waals surface area contributed by atoms with Crippen molar-refractivity contribution in [3.8, 4) is 0 Å². The second kappa shape index (κ2) is 17.9. The van der Waals surface area contributed by atoms with Crippen LogP contribution in [0, 0.1) is 24.5 Å². The molecule has 4 heterocycles. The van der Waals surface area contributed by atoms with Crippen LogP contribution in [0.2, 0.25) is 0 Å². The number of carbonyl (C=O) groups is 7. The normalized spacial score (nSPS) is 27.9. The molecule has 18 heteroatoms. The highest BCUT2D eigenvalue weighted by Gasteiger charge is 2.51. The number of amides is 7. The number of carbonyl (C=O) groups excluding carboxylic acids is 7. The lowest BCUT2D eigenvalue weighted by Crippen LogP contribution is -2.65. The summed E-state index contributed by atoms with van der Waals surface area (Å²) in [5.41, 5.74) is 5.83. The zero-order valence-corrected chi connectivity index (χ0v) is 34.5. The third kappa shape index (κ3) is 9.86. The number of ether oxygens (including phenoxy) is 1. The lowest BCUT2D eigenvalue weighted by Gasteiger charge is -2.41. The van der Waals surface area contributed by atoms with E-state index in [4.69, 9.17) is 10.5 Å². The first-order valence-electron chi connectivity index (χ1n) is 20.4. The van der Waals surface area contributed by atoms with Crippen molar-refractivity contribution in [2.45, 2.75) is 121 Å². The van der Waals surface area contributed by atoms with Crippen LogP contribution >= 0.6 is 0 Å². The van der Waals surface area contributed by atoms with Gasteiger partial charge < -0.3 is 46.4 Å². The first-order chi connectivity index (χ1) is 28.3. The highest BCUT2D eigenvalue weighted by Crippen LogP contribution is 2.31. The van der Waals surface area contributed by atoms with E-state index in [-0.39, 0.29) is 44.0 Å². The van der Waals surface area contributed by atoms with Gasteiger partial charge >= 0.3 is 12.0 Å². The quantitative estimate of drug-likeness (QED) is 0.269. The Bertz CT molecular complexity index is 2000. The van der Waals surface area contributed by atoms with E-state index in [2.05, 4.69) is 21.3 Å². The molecule has 4 aliphatic heterocycles. The number of nitrogens with one attached hydrogen (secondary N) is 4. The Labute approximate surface area is 347 Å². The predicted molar refractivity (Wildman–Crippen MR) is 214 cm³/mol. The number of benzene rings is 2. The van der Waals surface area contributed by atoms with E-state index < -0.39 is 107 Å². The first kappa shape index (κ1) is 43.9. The molecule has 0 spiro atoms. The van der Waals surface area contributed by atoms with Crippen molar-refractivity contribution in [1.82, 2.24) is 30.7 Å². The Morgan fingerprint density at radius 3 is 2.23 bits per heavy atom. The summed E-state index contributed by atoms with van der Waals surface area (Å²) < 4.78 is 34.9. The number of aryl methyl sites for hydroxylation is 1. The number of hydrogen-bond acceptors (Lipinski definition) is 9. The minimum atomic E-state index is -1.88. The standard InChI is InChI=1S/C42H54F2N8O8/c1-22-9-11-29(12-10-22)47-41(59)48-30(17-25-15-26(43)18-27(44)16-25)35(53)49-34-39(57)52-21-28(45)19-32(52)38(56)50-13-7-6-8-31(50)36(54)46-24(3)37(55)51-20-23(2)14-33(51)40(58)60-42(34,4)5/h9-12,15-16,18,23-24,28,30-34H,6-8,13-14,17,19-21,45H2,1-5H3,(H,46,54)(H,49,53)(H2,47,48,59)/t23-,24+,28+,30+,31+,32+,33+,34-/m1/s1. The molecule has 4 saturated heterocycles. The van der Waals surface area contributed by atoms with Gasteiger partial charge in [-0.3, -0.25) is 24.0 Å². The van der Waals surface area contributed by atoms with Crippen molar-refractivity contribution in [2.75, 3.05) is 25.0 Å². The van der Waals surface area contributed by atoms with Gasteiger partial charge in [-0.2, -0.15) is 0 Å². The second-order valence-corrected chi connectivity index (χ2v) is 17.1. The number of urea groups is 1. The van der Waals surface area contributed by atoms with Crippen molar-refractivity contribution < 1.29 is 47.1 Å². The maximum Gasteiger partial charge on any atom is 0.329 e. The van der Waals surface area contributed by atoms with Crippen LogP contribution in [-0.2, 0) is 39.9 Å². The van der Waals surface area contributed by atoms with Gasteiger partial charge in [-0.1, -0.05) is 24.6 Å². The summed E-state index contributed by atoms with van der Waals surface area (Å²) in [7, 11) is 0. The van der Waals surface area contributed by atoms with Gasteiger partial charge in [0.2, 0.25) is 29.5 Å². The Kier molecular flexibility index (Phi) is 13.1. The Hall–Kier alpha value is -5.65. The molecule has 0 bridgehead atoms. The predicted octanol–water partition coefficient (Wildman–Crippen LogP) is 1.88. The summed E-state index contributed by atoms with van der Waals surface area (Å²) in [6, 6.07) is 0.329. The molecule has 0 unspecified atom stereocenters. The zero-order chi connectivity index (χ0) is 43.6. The highest BCUT2D eigenvalue weighted by molar-refractivity contribution is 5.99. The van der Waals surface area contributed by atoms with Crippen molar-refractivity contribution in [1.29, 1.82) is 0 Å². The SMILES string of the molecule is Cc1ccc(NC(=O)N[C@@H](Cc2cc(F)cc(F)c2)C(=O)N[C@@H]2C(=O)N3C[C@@H](N)C[C@H]3C(=O)N3CCCC[C@H]3C(=O)N[C@@H](C)C(=O)N3C[C@H](C)C[C@H]3C(=O)OC2(C)C)cc1. The minimum Gasteiger partial charge on any atom is -0.455 e. The van der Waals surface area contributed by atoms with Crippen molar-refractivity contribution >= 4 is 47.2 Å². The number of anilines is 1. The third-order valence-electron chi connectivity index (χ3n) is 11.7. The third-order valence-corrected chi connectivity index (χ3v) is 11.7. The number of nitrogens with two attached hydrogens (primary N) is 1. The van der Waals surface area contributed by atoms with Gasteiger partial charge in [-0.25, -0.2) is 18.4 Å². The molecule has 0 aromatic heterocycles. The van der Waals surface area contributed by atoms with Gasteiger partial charge in [0.15, 0.2) is 0 Å². The summed E-state index contributed by atoms with van der Waals surface area (Å²) in [5.74, 6) is -6.32. The average molecular weight is 837 g/mol. The number of cyclic esters (lactones) is 1. The fourth-order valence-corrected chi connectivity index (χ4v) is 8.60. The van der Waals surface area contributed by atoms with E-state index in [9.17, 15) is 42.3 Å². The topological polar surface area (TPSA) is 213 Å². The maximum atomic E-state index is 15.0. The van der Waals surface area contributed by atoms with Crippen molar-refractivity contribution in [3.05, 3.63) is 65.2 Å². The molecule has 60 heavy (non-hydrogen) atoms. The second-order valence-electron chi connectivity index (χ2n) is 17.1. The van der Waals surface area contributed by atoms with Crippen LogP contribution in [0.15, 0.2) is 42.5 Å². The Morgan fingerprint density at radius 1 is 0.883 bits per heavy atom. The molecule has 6 N–H and O–H groups in total. The summed E-state index contributed by atoms with van der Waals surface area (Å²) in [6.45, 7) is 8.28. The van der Waals surface area contributed by atoms with Crippen LogP contribution < -0.4 is 27.0 Å². The van der Waals surface area contributed by atoms with Gasteiger partial charge in [-0.05, 0) is 95.5 Å². The van der Waals surface area contributed by atoms with Crippen LogP contribution in [0.1, 0.15) is 70.9 Å². The fraction of sp³-hybridized carbons (Fsp3) is 0.548. The minimum absolute atomic E-state index is 0.00364. The van der Waals surface area contributed by atoms with Crippen LogP contribution in [0.4, 0.5) is 19.3 Å². The Morgan fingerprint density at radius 2 is 1.55 bits per heavy atom. The molecule has 0 aliphatic carbocycles. The number of fused-ring (bicyclic) bond motifs is 3. The number of rotatable bonds is 6. The van der Waals surface area contributed by atoms with E-state index in [1.165, 1.54) is 35.5 Å². The largest absolute Gasteiger partial charge is 0.455 e. The molecule has 4 fully saturated rings. The smallest absolute Gasteiger partial charge is 0.329 e. The van der Waals surface area contributed by atoms with Crippen molar-refractivity contribution in [2.24, 2.45) is 11.7 Å². The van der Waals surface area contributed by atoms with Crippen LogP contribution in [0.25, 0.3) is 0 Å². The summed E-state index contributed by atoms with van der Waals surface area (Å²) in [6.07, 6.45) is 1.34. The molecule has 7 amide bonds. The molecule has 324 valence electrons. The lowest BCUT2D eigenvalue weighted by molar-refractivity contribution is -0.172. The molecule has 2 aromatic rings. The van der Waals surface area contributed by atoms with E-state index in [1.807, 2.05) is 13.8 Å². The number of nitrogens with zero attached hydrogens (tertiary/aromatic N) is 3. The number of halogens is 2. The van der Waals surface area contributed by atoms with Crippen molar-refractivity contribution in [3.63, 3.8) is 0 Å². The summed E-state index contributed by atoms with van der Waals surface area (Å²) in [4.78, 5) is 103. The van der Waals surface area contributed by atoms with Gasteiger partial charge in [0.05, 0.1) is 0 Å². The van der Waals surface area contributed by atoms with Crippen LogP contribution in [0.5, 0.6) is 0 Å². The number of hydrogen-bond donors (Lipinski definition) is 5. The first-order valence-corrected chi connectivity index (χ1v) is 20.4. The van der Waals surface area contributed by atoms with Gasteiger partial charge in [0.25, 0.3) is 0 Å². The fourth-order valence-electron chi connectivity index (χ4n) is 8.60. The molecule has 16 nitrogen and oxygen atoms in total. The highest BCUT2D eigenvalue weighted by atomic mass is 19.1. The van der Waals surface area contributed by atoms with Gasteiger partial charge in [0, 0.05) is 43.9 Å². The Balaban J connectivity index is 1.38. The maximum absolute atomic E-state index is 15.0. The van der Waals surface area contributed by atoms with Gasteiger partial charge in [-0.15, -0.1) is 0 Å². The molecule has 2 aromatic carbocycles. The summed E-state index contributed by atoms with van der Waals surface area (Å²) >= 11 is 0. The monoisotopic (exact) mass is 836 g/mol. The van der Waals surface area contributed by atoms with Crippen LogP contribution in [-0.4, -0.2) is 124 Å². The van der Waals surface area contributed by atoms with E-state index in [0.717, 1.165) is 17.7 Å². The molecule has 4 aliphatic rings. The molecular weight excluding hydrogens is 783 g/mol.